The first-order chi connectivity index (χ1) is 14.0. The molecule has 8 heteroatoms. The summed E-state index contributed by atoms with van der Waals surface area (Å²) < 4.78 is 14.4. The average molecular weight is 390 g/mol. The van der Waals surface area contributed by atoms with Crippen LogP contribution < -0.4 is 10.9 Å². The zero-order chi connectivity index (χ0) is 20.4. The number of benzene rings is 3. The van der Waals surface area contributed by atoms with E-state index in [2.05, 4.69) is 10.3 Å². The topological polar surface area (TPSA) is 90.1 Å². The molecule has 0 saturated heterocycles. The van der Waals surface area contributed by atoms with Crippen LogP contribution in [0.4, 0.5) is 16.0 Å². The predicted molar refractivity (Wildman–Crippen MR) is 108 cm³/mol. The van der Waals surface area contributed by atoms with E-state index < -0.39 is 4.92 Å². The van der Waals surface area contributed by atoms with Gasteiger partial charge in [0, 0.05) is 18.7 Å². The van der Waals surface area contributed by atoms with Gasteiger partial charge in [0.1, 0.15) is 5.82 Å². The van der Waals surface area contributed by atoms with Gasteiger partial charge in [-0.1, -0.05) is 30.3 Å². The maximum Gasteiger partial charge on any atom is 0.271 e. The first-order valence-electron chi connectivity index (χ1n) is 8.78. The van der Waals surface area contributed by atoms with Gasteiger partial charge < -0.3 is 5.32 Å². The maximum absolute atomic E-state index is 13.2. The van der Waals surface area contributed by atoms with E-state index in [4.69, 9.17) is 0 Å². The van der Waals surface area contributed by atoms with Crippen LogP contribution in [0.25, 0.3) is 16.6 Å². The van der Waals surface area contributed by atoms with Crippen molar-refractivity contribution >= 4 is 22.5 Å². The third-order valence-electron chi connectivity index (χ3n) is 4.44. The molecule has 144 valence electrons. The second kappa shape index (κ2) is 7.51. The Labute approximate surface area is 164 Å². The van der Waals surface area contributed by atoms with E-state index >= 15 is 0 Å². The van der Waals surface area contributed by atoms with Crippen molar-refractivity contribution in [2.24, 2.45) is 0 Å². The number of rotatable bonds is 5. The Balaban J connectivity index is 1.84. The Morgan fingerprint density at radius 2 is 1.79 bits per heavy atom. The lowest BCUT2D eigenvalue weighted by Crippen LogP contribution is -2.23. The normalized spacial score (nSPS) is 10.8. The van der Waals surface area contributed by atoms with Crippen molar-refractivity contribution in [2.75, 3.05) is 5.32 Å². The van der Waals surface area contributed by atoms with Crippen LogP contribution in [-0.4, -0.2) is 14.5 Å². The fraction of sp³-hybridized carbons (Fsp3) is 0.0476. The standard InChI is InChI=1S/C21H15FN4O3/c22-15-10-8-14(9-11-15)13-23-21-24-19-7-2-1-6-18(19)20(27)25(21)16-4-3-5-17(12-16)26(28)29/h1-12H,13H2,(H,23,24). The first kappa shape index (κ1) is 18.3. The molecule has 4 aromatic rings. The summed E-state index contributed by atoms with van der Waals surface area (Å²) >= 11 is 0. The number of non-ortho nitro benzene ring substituents is 1. The molecule has 0 amide bonds. The van der Waals surface area contributed by atoms with Crippen molar-refractivity contribution in [1.82, 2.24) is 9.55 Å². The van der Waals surface area contributed by atoms with Gasteiger partial charge in [-0.3, -0.25) is 14.9 Å². The molecule has 3 aromatic carbocycles. The van der Waals surface area contributed by atoms with Gasteiger partial charge >= 0.3 is 0 Å². The molecule has 7 nitrogen and oxygen atoms in total. The highest BCUT2D eigenvalue weighted by molar-refractivity contribution is 5.79. The zero-order valence-corrected chi connectivity index (χ0v) is 15.1. The Kier molecular flexibility index (Phi) is 4.74. The molecule has 29 heavy (non-hydrogen) atoms. The molecule has 1 N–H and O–H groups in total. The van der Waals surface area contributed by atoms with E-state index in [9.17, 15) is 19.3 Å². The quantitative estimate of drug-likeness (QED) is 0.410. The van der Waals surface area contributed by atoms with Gasteiger partial charge in [0.25, 0.3) is 11.2 Å². The molecule has 0 unspecified atom stereocenters. The van der Waals surface area contributed by atoms with Crippen molar-refractivity contribution in [2.45, 2.75) is 6.54 Å². The van der Waals surface area contributed by atoms with Gasteiger partial charge in [0.05, 0.1) is 21.5 Å². The van der Waals surface area contributed by atoms with E-state index in [1.165, 1.54) is 34.9 Å². The summed E-state index contributed by atoms with van der Waals surface area (Å²) in [5, 5.41) is 14.6. The van der Waals surface area contributed by atoms with E-state index in [-0.39, 0.29) is 23.0 Å². The minimum atomic E-state index is -0.519. The van der Waals surface area contributed by atoms with Crippen LogP contribution in [0.3, 0.4) is 0 Å². The van der Waals surface area contributed by atoms with E-state index in [1.54, 1.807) is 42.5 Å². The molecule has 0 aliphatic rings. The third kappa shape index (κ3) is 3.68. The average Bonchev–Trinajstić information content (AvgIpc) is 2.73. The van der Waals surface area contributed by atoms with Crippen LogP contribution >= 0.6 is 0 Å². The Hall–Kier alpha value is -4.07. The summed E-state index contributed by atoms with van der Waals surface area (Å²) in [6, 6.07) is 18.6. The molecule has 0 spiro atoms. The second-order valence-electron chi connectivity index (χ2n) is 6.35. The minimum Gasteiger partial charge on any atom is -0.351 e. The number of aromatic nitrogens is 2. The molecular formula is C21H15FN4O3. The molecular weight excluding hydrogens is 375 g/mol. The molecule has 0 radical (unpaired) electrons. The molecule has 0 atom stereocenters. The van der Waals surface area contributed by atoms with E-state index in [0.29, 0.717) is 23.1 Å². The second-order valence-corrected chi connectivity index (χ2v) is 6.35. The van der Waals surface area contributed by atoms with Gasteiger partial charge in [0.15, 0.2) is 0 Å². The number of para-hydroxylation sites is 1. The van der Waals surface area contributed by atoms with Crippen LogP contribution in [0.2, 0.25) is 0 Å². The van der Waals surface area contributed by atoms with Gasteiger partial charge in [-0.2, -0.15) is 0 Å². The summed E-state index contributed by atoms with van der Waals surface area (Å²) in [7, 11) is 0. The Morgan fingerprint density at radius 3 is 2.55 bits per heavy atom. The van der Waals surface area contributed by atoms with Crippen LogP contribution in [0, 0.1) is 15.9 Å². The number of nitrogens with one attached hydrogen (secondary N) is 1. The lowest BCUT2D eigenvalue weighted by molar-refractivity contribution is -0.384. The summed E-state index contributed by atoms with van der Waals surface area (Å²) in [6.45, 7) is 0.292. The van der Waals surface area contributed by atoms with Crippen LogP contribution in [0.1, 0.15) is 5.56 Å². The fourth-order valence-electron chi connectivity index (χ4n) is 3.02. The Morgan fingerprint density at radius 1 is 1.03 bits per heavy atom. The smallest absolute Gasteiger partial charge is 0.271 e. The largest absolute Gasteiger partial charge is 0.351 e. The number of hydrogen-bond donors (Lipinski definition) is 1. The zero-order valence-electron chi connectivity index (χ0n) is 15.1. The third-order valence-corrected chi connectivity index (χ3v) is 4.44. The van der Waals surface area contributed by atoms with Crippen LogP contribution in [-0.2, 0) is 6.54 Å². The number of fused-ring (bicyclic) bond motifs is 1. The SMILES string of the molecule is O=c1c2ccccc2nc(NCc2ccc(F)cc2)n1-c1cccc([N+](=O)[O-])c1. The first-order valence-corrected chi connectivity index (χ1v) is 8.78. The molecule has 4 rings (SSSR count). The molecule has 0 fully saturated rings. The van der Waals surface area contributed by atoms with Gasteiger partial charge in [-0.15, -0.1) is 0 Å². The van der Waals surface area contributed by atoms with Crippen LogP contribution in [0.5, 0.6) is 0 Å². The molecule has 0 bridgehead atoms. The number of halogens is 1. The number of hydrogen-bond acceptors (Lipinski definition) is 5. The fourth-order valence-corrected chi connectivity index (χ4v) is 3.02. The molecule has 0 aliphatic heterocycles. The predicted octanol–water partition coefficient (Wildman–Crippen LogP) is 4.05. The lowest BCUT2D eigenvalue weighted by Gasteiger charge is -2.15. The van der Waals surface area contributed by atoms with E-state index in [0.717, 1.165) is 5.56 Å². The van der Waals surface area contributed by atoms with Crippen molar-refractivity contribution in [3.8, 4) is 5.69 Å². The summed E-state index contributed by atoms with van der Waals surface area (Å²) in [5.41, 5.74) is 1.13. The van der Waals surface area contributed by atoms with Crippen molar-refractivity contribution in [3.63, 3.8) is 0 Å². The molecule has 0 saturated carbocycles. The minimum absolute atomic E-state index is 0.132. The summed E-state index contributed by atoms with van der Waals surface area (Å²) in [4.78, 5) is 28.3. The maximum atomic E-state index is 13.2. The number of nitro benzene ring substituents is 1. The molecule has 1 heterocycles. The van der Waals surface area contributed by atoms with Gasteiger partial charge in [-0.25, -0.2) is 13.9 Å². The summed E-state index contributed by atoms with van der Waals surface area (Å²) in [6.07, 6.45) is 0. The van der Waals surface area contributed by atoms with Crippen LogP contribution in [0.15, 0.2) is 77.6 Å². The van der Waals surface area contributed by atoms with E-state index in [1.807, 2.05) is 0 Å². The highest BCUT2D eigenvalue weighted by Crippen LogP contribution is 2.20. The van der Waals surface area contributed by atoms with Crippen molar-refractivity contribution in [1.29, 1.82) is 0 Å². The highest BCUT2D eigenvalue weighted by atomic mass is 19.1. The number of nitro groups is 1. The molecule has 0 aliphatic carbocycles. The highest BCUT2D eigenvalue weighted by Gasteiger charge is 2.15. The lowest BCUT2D eigenvalue weighted by atomic mass is 10.2. The molecule has 1 aromatic heterocycles. The Bertz CT molecular complexity index is 1270. The number of anilines is 1. The monoisotopic (exact) mass is 390 g/mol. The van der Waals surface area contributed by atoms with Gasteiger partial charge in [-0.05, 0) is 35.9 Å². The van der Waals surface area contributed by atoms with Gasteiger partial charge in [0.2, 0.25) is 5.95 Å². The summed E-state index contributed by atoms with van der Waals surface area (Å²) in [5.74, 6) is -0.107. The van der Waals surface area contributed by atoms with Crippen molar-refractivity contribution in [3.05, 3.63) is 105 Å². The van der Waals surface area contributed by atoms with Crippen molar-refractivity contribution < 1.29 is 9.31 Å². The number of nitrogens with zero attached hydrogens (tertiary/aromatic N) is 3.